The minimum Gasteiger partial charge on any atom is -0.508 e. The smallest absolute Gasteiger partial charge is 0.364 e. The normalized spacial score (nSPS) is 16.3. The van der Waals surface area contributed by atoms with E-state index in [9.17, 15) is 73.8 Å². The third-order valence-electron chi connectivity index (χ3n) is 21.9. The van der Waals surface area contributed by atoms with E-state index in [1.54, 1.807) is 54.6 Å². The number of halogens is 6. The standard InChI is InChI=1S/C53H61Cl4N5O11S2.C23H30Cl2N2O4S.C16H12N2O9.CH4/c1-61-31-46(44-27-39(54)29-50(56)48(44)33-61)35-4-8-42(9-5-35)74(66,67)23-3-15-70-19-20-71-16-12-58-52(64)37-24-38(26-41(63)25-37)53(65)59-13-17-72-21-22-73-18-14-60-75(68,69)43-10-6-36(7-11-43)47-32-62(2)34-49-45(47)28-40(55)30-51(49)57;1-27-15-21(20-13-18(24)14-23(25)22(20)16-27)17-3-5-19(6-4-17)32(28,29)12-2-8-30-10-11-31-9-7-26;19-10-6-8(15(24)26-17-11(20)1-2-12(17)21)5-9(7-10)16(25)27-18-13(22)3-4-14(18)23;/h4-11,24-30,46-47,60,63H,3,12-23,31-34H2,1-2H3,(H,58,64)(H,59,65);3-6,13-14,21H,2,7-12,15-16,26H2,1H3;5-7,19H,1-4H2;1H4. The van der Waals surface area contributed by atoms with Crippen LogP contribution in [-0.2, 0) is 107 Å². The van der Waals surface area contributed by atoms with Gasteiger partial charge < -0.3 is 79.4 Å². The third-order valence-corrected chi connectivity index (χ3v) is 28.7. The number of phenols is 2. The summed E-state index contributed by atoms with van der Waals surface area (Å²) in [6, 6.07) is 38.7. The minimum atomic E-state index is -3.78. The Labute approximate surface area is 814 Å². The zero-order valence-electron chi connectivity index (χ0n) is 73.5. The summed E-state index contributed by atoms with van der Waals surface area (Å²) in [7, 11) is -4.61. The van der Waals surface area contributed by atoms with Crippen molar-refractivity contribution in [2.75, 3.05) is 158 Å². The summed E-state index contributed by atoms with van der Waals surface area (Å²) in [6.07, 6.45) is 0.344. The summed E-state index contributed by atoms with van der Waals surface area (Å²) in [6.45, 7) is 8.50. The largest absolute Gasteiger partial charge is 0.508 e. The lowest BCUT2D eigenvalue weighted by Gasteiger charge is -2.33. The number of sulfone groups is 2. The number of nitrogens with one attached hydrogen (secondary N) is 3. The number of carbonyl (C=O) groups is 8. The first-order chi connectivity index (χ1) is 63.9. The van der Waals surface area contributed by atoms with Gasteiger partial charge in [-0.2, -0.15) is 0 Å². The molecule has 42 heteroatoms. The zero-order valence-corrected chi connectivity index (χ0v) is 80.5. The first kappa shape index (κ1) is 108. The van der Waals surface area contributed by atoms with Gasteiger partial charge in [0.15, 0.2) is 19.7 Å². The Bertz CT molecular complexity index is 5620. The first-order valence-corrected chi connectivity index (χ1v) is 49.8. The molecule has 7 N–H and O–H groups in total. The number of benzene rings is 8. The van der Waals surface area contributed by atoms with Crippen molar-refractivity contribution in [3.63, 3.8) is 0 Å². The van der Waals surface area contributed by atoms with Crippen molar-refractivity contribution < 1.29 is 112 Å². The molecule has 5 heterocycles. The molecule has 5 aliphatic rings. The van der Waals surface area contributed by atoms with Crippen molar-refractivity contribution in [1.29, 1.82) is 0 Å². The van der Waals surface area contributed by atoms with E-state index in [1.807, 2.05) is 75.7 Å². The maximum Gasteiger partial charge on any atom is 0.364 e. The van der Waals surface area contributed by atoms with Crippen LogP contribution in [0.3, 0.4) is 0 Å². The Hall–Kier alpha value is -9.33. The van der Waals surface area contributed by atoms with Gasteiger partial charge in [-0.05, 0) is 193 Å². The van der Waals surface area contributed by atoms with E-state index in [0.29, 0.717) is 104 Å². The molecule has 2 fully saturated rings. The predicted octanol–water partition coefficient (Wildman–Crippen LogP) is 11.7. The second-order valence-electron chi connectivity index (χ2n) is 32.0. The van der Waals surface area contributed by atoms with Crippen LogP contribution in [0.1, 0.15) is 155 Å². The fourth-order valence-electron chi connectivity index (χ4n) is 15.4. The second-order valence-corrected chi connectivity index (χ2v) is 40.5. The molecule has 8 aromatic carbocycles. The highest BCUT2D eigenvalue weighted by Crippen LogP contribution is 2.43. The van der Waals surface area contributed by atoms with Crippen molar-refractivity contribution in [3.8, 4) is 11.5 Å². The number of ether oxygens (including phenoxy) is 6. The number of nitrogens with zero attached hydrogens (tertiary/aromatic N) is 5. The summed E-state index contributed by atoms with van der Waals surface area (Å²) >= 11 is 38.4. The van der Waals surface area contributed by atoms with E-state index in [2.05, 4.69) is 30.1 Å². The van der Waals surface area contributed by atoms with Gasteiger partial charge in [0.05, 0.1) is 103 Å². The average Bonchev–Trinajstić information content (AvgIpc) is 1.43. The van der Waals surface area contributed by atoms with E-state index in [4.69, 9.17) is 113 Å². The van der Waals surface area contributed by atoms with E-state index in [1.165, 1.54) is 18.2 Å². The lowest BCUT2D eigenvalue weighted by molar-refractivity contribution is -0.173. The Morgan fingerprint density at radius 2 is 0.689 bits per heavy atom. The number of phenolic OH excluding ortho intramolecular Hbond substituents is 2. The number of rotatable bonds is 41. The van der Waals surface area contributed by atoms with Gasteiger partial charge in [-0.1, -0.05) is 113 Å². The molecule has 3 atom stereocenters. The summed E-state index contributed by atoms with van der Waals surface area (Å²) in [5.74, 6) is -6.93. The molecule has 5 aliphatic heterocycles. The van der Waals surface area contributed by atoms with E-state index in [0.717, 1.165) is 94.4 Å². The molecule has 0 saturated carbocycles. The number of imide groups is 2. The van der Waals surface area contributed by atoms with Gasteiger partial charge in [-0.3, -0.25) is 28.8 Å². The molecule has 0 aromatic heterocycles. The molecular formula is C93H107Cl6N9O24S3. The quantitative estimate of drug-likeness (QED) is 0.0153. The van der Waals surface area contributed by atoms with E-state index >= 15 is 0 Å². The fraction of sp³-hybridized carbons (Fsp3) is 0.398. The number of hydroxylamine groups is 4. The van der Waals surface area contributed by atoms with Gasteiger partial charge in [0.2, 0.25) is 10.0 Å². The SMILES string of the molecule is C.CN1Cc2c(Cl)cc(Cl)cc2C(c2ccc(S(=O)(=O)CCCOCCOCCN)cc2)C1.CN1Cc2c(Cl)cc(Cl)cc2C(c2ccc(S(=O)(=O)CCCOCCOCCNC(=O)c3cc(O)cc(C(=O)NCCOCCOCCNS(=O)(=O)c4ccc(C5CN(C)Cc6c(Cl)cc(Cl)cc65)cc4)c3)cc2)C1.O=C(ON1C(=O)CCC1=O)c1cc(O)cc(C(=O)ON2C(=O)CCC2=O)c1. The molecule has 2 saturated heterocycles. The Kier molecular flexibility index (Phi) is 40.6. The maximum atomic E-state index is 13.1. The van der Waals surface area contributed by atoms with Gasteiger partial charge in [0.25, 0.3) is 35.4 Å². The number of aromatic hydroxyl groups is 2. The first-order valence-electron chi connectivity index (χ1n) is 42.8. The topological polar surface area (TPSA) is 432 Å². The molecule has 3 unspecified atom stereocenters. The maximum absolute atomic E-state index is 13.1. The second kappa shape index (κ2) is 50.8. The van der Waals surface area contributed by atoms with Gasteiger partial charge in [0.1, 0.15) is 11.5 Å². The third kappa shape index (κ3) is 30.6. The van der Waals surface area contributed by atoms with Gasteiger partial charge in [-0.15, -0.1) is 10.1 Å². The van der Waals surface area contributed by atoms with Crippen LogP contribution in [0.25, 0.3) is 0 Å². The molecule has 6 amide bonds. The molecule has 135 heavy (non-hydrogen) atoms. The van der Waals surface area contributed by atoms with Gasteiger partial charge in [0, 0.05) is 163 Å². The van der Waals surface area contributed by atoms with Crippen molar-refractivity contribution in [2.24, 2.45) is 5.73 Å². The fourth-order valence-corrected chi connectivity index (χ4v) is 20.7. The average molecular weight is 2040 g/mol. The molecule has 33 nitrogen and oxygen atoms in total. The highest BCUT2D eigenvalue weighted by atomic mass is 35.5. The summed E-state index contributed by atoms with van der Waals surface area (Å²) < 4.78 is 113. The van der Waals surface area contributed by atoms with Crippen LogP contribution in [0.2, 0.25) is 30.1 Å². The lowest BCUT2D eigenvalue weighted by Crippen LogP contribution is -2.32. The summed E-state index contributed by atoms with van der Waals surface area (Å²) in [5.41, 5.74) is 14.0. The van der Waals surface area contributed by atoms with Crippen LogP contribution >= 0.6 is 69.6 Å². The zero-order chi connectivity index (χ0) is 96.6. The van der Waals surface area contributed by atoms with Gasteiger partial charge in [-0.25, -0.2) is 39.6 Å². The molecule has 728 valence electrons. The van der Waals surface area contributed by atoms with Crippen molar-refractivity contribution in [1.82, 2.24) is 40.2 Å². The van der Waals surface area contributed by atoms with E-state index in [-0.39, 0.29) is 173 Å². The van der Waals surface area contributed by atoms with Crippen molar-refractivity contribution in [3.05, 3.63) is 248 Å². The van der Waals surface area contributed by atoms with Crippen LogP contribution in [0.15, 0.2) is 160 Å². The van der Waals surface area contributed by atoms with E-state index < -0.39 is 82.8 Å². The number of hydrogen-bond acceptors (Lipinski definition) is 28. The molecule has 13 rings (SSSR count). The summed E-state index contributed by atoms with van der Waals surface area (Å²) in [5, 5.41) is 29.6. The van der Waals surface area contributed by atoms with Crippen molar-refractivity contribution >= 4 is 147 Å². The lowest BCUT2D eigenvalue weighted by atomic mass is 9.85. The number of hydrogen-bond donors (Lipinski definition) is 6. The van der Waals surface area contributed by atoms with Crippen molar-refractivity contribution in [2.45, 2.75) is 98.0 Å². The molecule has 0 bridgehead atoms. The predicted molar refractivity (Wildman–Crippen MR) is 506 cm³/mol. The number of amides is 6. The molecule has 0 radical (unpaired) electrons. The highest BCUT2D eigenvalue weighted by molar-refractivity contribution is 7.91. The van der Waals surface area contributed by atoms with Crippen LogP contribution in [0, 0.1) is 0 Å². The Balaban J connectivity index is 0.000000255. The summed E-state index contributed by atoms with van der Waals surface area (Å²) in [4.78, 5) is 112. The molecule has 0 spiro atoms. The number of sulfonamides is 1. The Morgan fingerprint density at radius 1 is 0.393 bits per heavy atom. The number of likely N-dealkylation sites (N-methyl/N-ethyl adjacent to an activating group) is 3. The van der Waals surface area contributed by atoms with Crippen LogP contribution in [-0.4, -0.2) is 265 Å². The van der Waals surface area contributed by atoms with Crippen LogP contribution in [0.5, 0.6) is 11.5 Å². The molecular weight excluding hydrogens is 1940 g/mol. The van der Waals surface area contributed by atoms with Crippen LogP contribution in [0.4, 0.5) is 0 Å². The Morgan fingerprint density at radius 3 is 1.02 bits per heavy atom. The number of carbonyl (C=O) groups excluding carboxylic acids is 8. The number of fused-ring (bicyclic) bond motifs is 3. The highest BCUT2D eigenvalue weighted by Gasteiger charge is 2.37. The van der Waals surface area contributed by atoms with Gasteiger partial charge >= 0.3 is 11.9 Å². The van der Waals surface area contributed by atoms with Crippen LogP contribution < -0.4 is 21.1 Å². The molecule has 0 aliphatic carbocycles. The monoisotopic (exact) mass is 2040 g/mol. The molecule has 8 aromatic rings. The minimum absolute atomic E-state index is 0. The number of nitrogens with two attached hydrogens (primary N) is 1.